The topological polar surface area (TPSA) is 162 Å². The third-order valence-electron chi connectivity index (χ3n) is 9.29. The van der Waals surface area contributed by atoms with Crippen molar-refractivity contribution in [3.8, 4) is 0 Å². The minimum absolute atomic E-state index is 0. The van der Waals surface area contributed by atoms with Crippen LogP contribution in [0.25, 0.3) is 33.1 Å². The van der Waals surface area contributed by atoms with Gasteiger partial charge in [0.05, 0.1) is 31.8 Å². The summed E-state index contributed by atoms with van der Waals surface area (Å²) in [4.78, 5) is 39.4. The van der Waals surface area contributed by atoms with Crippen molar-refractivity contribution in [1.82, 2.24) is 49.1 Å². The van der Waals surface area contributed by atoms with Gasteiger partial charge in [-0.1, -0.05) is 188 Å². The van der Waals surface area contributed by atoms with Crippen molar-refractivity contribution in [2.75, 3.05) is 70.9 Å². The maximum absolute atomic E-state index is 6.23. The number of halogens is 7. The SMILES string of the molecule is C.C.C.C=CCI.C=CCNc1nc(Cl)c2ccn(C)c2n1.C=CCNc1nc(N(C)OC)c2ccn(C)c2n1.CC(I)(I)CI.CNOC.Cl.Cn1ccc2c(Cl)nc(N[Si](C)(C)C(C)(C)C)nc21. The molecule has 16 nitrogen and oxygen atoms in total. The van der Waals surface area contributed by atoms with Gasteiger partial charge in [-0.05, 0) is 30.2 Å². The predicted molar refractivity (Wildman–Crippen MR) is 347 cm³/mol. The van der Waals surface area contributed by atoms with Gasteiger partial charge in [0.1, 0.15) is 27.2 Å². The van der Waals surface area contributed by atoms with Gasteiger partial charge in [0.15, 0.2) is 14.1 Å². The van der Waals surface area contributed by atoms with Crippen LogP contribution in [-0.2, 0) is 30.8 Å². The molecule has 0 amide bonds. The summed E-state index contributed by atoms with van der Waals surface area (Å²) >= 11 is 21.7. The van der Waals surface area contributed by atoms with E-state index in [2.05, 4.69) is 207 Å². The number of fused-ring (bicyclic) bond motifs is 3. The highest BCUT2D eigenvalue weighted by Gasteiger charge is 2.36. The lowest BCUT2D eigenvalue weighted by Crippen LogP contribution is -2.46. The van der Waals surface area contributed by atoms with Crippen LogP contribution >= 0.6 is 126 Å². The number of nitrogens with one attached hydrogen (secondary N) is 4. The Balaban J connectivity index is -0.000000402. The number of hydrogen-bond donors (Lipinski definition) is 4. The second kappa shape index (κ2) is 37.0. The van der Waals surface area contributed by atoms with Gasteiger partial charge in [-0.25, -0.2) is 20.5 Å². The van der Waals surface area contributed by atoms with Crippen molar-refractivity contribution >= 4 is 191 Å². The zero-order chi connectivity index (χ0) is 50.4. The van der Waals surface area contributed by atoms with Crippen LogP contribution in [-0.4, -0.2) is 104 Å². The van der Waals surface area contributed by atoms with Crippen molar-refractivity contribution in [3.63, 3.8) is 0 Å². The number of aryl methyl sites for hydroxylation is 3. The zero-order valence-electron chi connectivity index (χ0n) is 40.6. The molecule has 0 aliphatic rings. The van der Waals surface area contributed by atoms with Crippen LogP contribution in [0.2, 0.25) is 28.4 Å². The van der Waals surface area contributed by atoms with E-state index < -0.39 is 8.24 Å². The van der Waals surface area contributed by atoms with Crippen LogP contribution in [0.15, 0.2) is 74.8 Å². The fourth-order valence-corrected chi connectivity index (χ4v) is 6.16. The molecular formula is C46H79Cl3I4N14O2Si. The fraction of sp³-hybridized carbons (Fsp3) is 0.478. The van der Waals surface area contributed by atoms with E-state index in [1.165, 1.54) is 4.43 Å². The molecule has 0 radical (unpaired) electrons. The number of hydroxylamine groups is 2. The van der Waals surface area contributed by atoms with Crippen LogP contribution in [0.4, 0.5) is 23.7 Å². The fourth-order valence-electron chi connectivity index (χ4n) is 4.66. The number of hydrogen-bond acceptors (Lipinski definition) is 13. The summed E-state index contributed by atoms with van der Waals surface area (Å²) in [7, 11) is 10.8. The van der Waals surface area contributed by atoms with Crippen LogP contribution in [0, 0.1) is 0 Å². The standard InChI is InChI=1S/C13H21ClN4Si.C12H17N5O.C10H11ClN4.C3H5I3.C3H5I.C2H7NO.3CH4.ClH/c1-13(2,3)19(5,6)17-12-15-10(14)9-7-8-18(4)11(9)16-12;1-5-7-13-12-14-10-9(6-8-16(10)2)11(15-12)17(3)18-4;1-3-5-12-10-13-8(11)7-4-6-15(2)9(7)14-10;1-3(5,6)2-4;1-2-3-4;1-3-4-2;;;;/h7-8H,1-6H3,(H,15,16,17);5-6,8H,1,7H2,2-4H3,(H,13,14,15);3-4,6H,1,5H2,2H3,(H,12,13,14);2H2,1H3;2H,1,3H2;3H,1-2H3;3*1H4;1H. The molecule has 398 valence electrons. The molecular weight excluding hydrogens is 1420 g/mol. The Morgan fingerprint density at radius 3 is 1.37 bits per heavy atom. The van der Waals surface area contributed by atoms with Gasteiger partial charge in [-0.15, -0.1) is 32.1 Å². The molecule has 0 spiro atoms. The molecule has 6 aromatic heterocycles. The number of allylic oxidation sites excluding steroid dienone is 1. The summed E-state index contributed by atoms with van der Waals surface area (Å²) in [6.07, 6.45) is 11.2. The zero-order valence-corrected chi connectivity index (χ0v) is 52.6. The first-order chi connectivity index (χ1) is 30.9. The van der Waals surface area contributed by atoms with Crippen molar-refractivity contribution in [3.05, 3.63) is 85.1 Å². The number of aromatic nitrogens is 9. The third-order valence-corrected chi connectivity index (χ3v) is 20.3. The number of alkyl halides is 4. The Morgan fingerprint density at radius 1 is 0.700 bits per heavy atom. The monoisotopic (exact) mass is 1500 g/mol. The quantitative estimate of drug-likeness (QED) is 0.0216. The molecule has 24 heteroatoms. The average Bonchev–Trinajstić information content (AvgIpc) is 3.97. The van der Waals surface area contributed by atoms with Gasteiger partial charge in [-0.3, -0.25) is 4.84 Å². The van der Waals surface area contributed by atoms with Crippen molar-refractivity contribution in [2.45, 2.75) is 69.5 Å². The third kappa shape index (κ3) is 24.9. The molecule has 0 saturated heterocycles. The second-order valence-corrected chi connectivity index (χ2v) is 29.8. The highest BCUT2D eigenvalue weighted by Crippen LogP contribution is 2.36. The van der Waals surface area contributed by atoms with E-state index in [9.17, 15) is 0 Å². The Bertz CT molecular complexity index is 2420. The normalized spacial score (nSPS) is 10.3. The van der Waals surface area contributed by atoms with Crippen molar-refractivity contribution in [1.29, 1.82) is 0 Å². The summed E-state index contributed by atoms with van der Waals surface area (Å²) in [6, 6.07) is 5.81. The lowest BCUT2D eigenvalue weighted by Gasteiger charge is -2.37. The summed E-state index contributed by atoms with van der Waals surface area (Å²) in [5.74, 6) is 2.44. The highest BCUT2D eigenvalue weighted by atomic mass is 127. The largest absolute Gasteiger partial charge is 0.380 e. The van der Waals surface area contributed by atoms with E-state index in [0.29, 0.717) is 42.7 Å². The molecule has 0 unspecified atom stereocenters. The Hall–Kier alpha value is -1.83. The van der Waals surface area contributed by atoms with Gasteiger partial charge in [0, 0.05) is 75.8 Å². The highest BCUT2D eigenvalue weighted by molar-refractivity contribution is 14.2. The lowest BCUT2D eigenvalue weighted by molar-refractivity contribution is 0.112. The maximum atomic E-state index is 6.23. The smallest absolute Gasteiger partial charge is 0.227 e. The van der Waals surface area contributed by atoms with E-state index >= 15 is 0 Å². The summed E-state index contributed by atoms with van der Waals surface area (Å²) in [5, 5.41) is 11.6. The minimum atomic E-state index is -1.70. The molecule has 70 heavy (non-hydrogen) atoms. The number of rotatable bonds is 13. The first-order valence-corrected chi connectivity index (χ1v) is 29.2. The van der Waals surface area contributed by atoms with Crippen LogP contribution < -0.4 is 26.2 Å². The second-order valence-electron chi connectivity index (χ2n) is 15.6. The Kier molecular flexibility index (Phi) is 39.5. The Labute approximate surface area is 491 Å². The van der Waals surface area contributed by atoms with E-state index in [-0.39, 0.29) is 39.7 Å². The van der Waals surface area contributed by atoms with Crippen LogP contribution in [0.5, 0.6) is 0 Å². The molecule has 0 bridgehead atoms. The molecule has 0 atom stereocenters. The van der Waals surface area contributed by atoms with Crippen LogP contribution in [0.3, 0.4) is 0 Å². The van der Waals surface area contributed by atoms with Gasteiger partial charge >= 0.3 is 0 Å². The predicted octanol–water partition coefficient (Wildman–Crippen LogP) is 14.5. The average molecular weight is 1500 g/mol. The lowest BCUT2D eigenvalue weighted by atomic mass is 10.2. The molecule has 6 heterocycles. The molecule has 0 aliphatic heterocycles. The summed E-state index contributed by atoms with van der Waals surface area (Å²) < 4.78 is 8.55. The molecule has 0 saturated carbocycles. The van der Waals surface area contributed by atoms with Gasteiger partial charge in [-0.2, -0.15) is 19.9 Å². The molecule has 0 fully saturated rings. The van der Waals surface area contributed by atoms with E-state index in [1.54, 1.807) is 38.5 Å². The molecule has 6 aromatic rings. The number of nitrogens with zero attached hydrogens (tertiary/aromatic N) is 10. The van der Waals surface area contributed by atoms with E-state index in [0.717, 1.165) is 43.3 Å². The Morgan fingerprint density at radius 2 is 1.04 bits per heavy atom. The molecule has 0 aromatic carbocycles. The first kappa shape index (κ1) is 74.7. The van der Waals surface area contributed by atoms with E-state index in [1.807, 2.05) is 84.8 Å². The van der Waals surface area contributed by atoms with Gasteiger partial charge in [0.2, 0.25) is 17.8 Å². The molecule has 6 rings (SSSR count). The van der Waals surface area contributed by atoms with Crippen molar-refractivity contribution < 1.29 is 9.68 Å². The summed E-state index contributed by atoms with van der Waals surface area (Å²) in [6.45, 7) is 25.5. The maximum Gasteiger partial charge on any atom is 0.227 e. The van der Waals surface area contributed by atoms with Crippen LogP contribution in [0.1, 0.15) is 50.0 Å². The first-order valence-electron chi connectivity index (χ1n) is 20.3. The molecule has 4 N–H and O–H groups in total. The minimum Gasteiger partial charge on any atom is -0.380 e. The number of anilines is 4. The van der Waals surface area contributed by atoms with Gasteiger partial charge < -0.3 is 34.2 Å². The van der Waals surface area contributed by atoms with Crippen molar-refractivity contribution in [2.24, 2.45) is 21.1 Å². The molecule has 0 aliphatic carbocycles. The summed E-state index contributed by atoms with van der Waals surface area (Å²) in [5.41, 5.74) is 4.97. The van der Waals surface area contributed by atoms with E-state index in [4.69, 9.17) is 28.0 Å². The van der Waals surface area contributed by atoms with Gasteiger partial charge in [0.25, 0.3) is 0 Å².